The van der Waals surface area contributed by atoms with Crippen molar-refractivity contribution in [1.82, 2.24) is 9.80 Å². The maximum Gasteiger partial charge on any atom is 0.524 e. The van der Waals surface area contributed by atoms with Gasteiger partial charge in [0.15, 0.2) is 10.9 Å². The Morgan fingerprint density at radius 1 is 0.719 bits per heavy atom. The molecule has 2 saturated heterocycles. The van der Waals surface area contributed by atoms with Crippen molar-refractivity contribution in [3.8, 4) is 45.6 Å². The zero-order valence-corrected chi connectivity index (χ0v) is 36.8. The van der Waals surface area contributed by atoms with E-state index in [4.69, 9.17) is 45.8 Å². The van der Waals surface area contributed by atoms with E-state index in [-0.39, 0.29) is 99.6 Å². The lowest BCUT2D eigenvalue weighted by molar-refractivity contribution is 0.0154. The fourth-order valence-corrected chi connectivity index (χ4v) is 9.96. The SMILES string of the molecule is CN1CCC(c2c(O)cc(OCN3CC[C@H](c4c(OP(=O)(O)O)cc(O)c5c(=O)cc(-c6ccccc6Cl)oc45)[C@H](O)C3)c3c(=O)cc(-c4ccccc4Cl)oc23)C(OP(=O)(O)O)C1. The molecule has 2 aliphatic heterocycles. The van der Waals surface area contributed by atoms with Gasteiger partial charge in [-0.15, -0.1) is 0 Å². The van der Waals surface area contributed by atoms with Gasteiger partial charge >= 0.3 is 15.6 Å². The van der Waals surface area contributed by atoms with E-state index in [2.05, 4.69) is 0 Å². The largest absolute Gasteiger partial charge is 0.524 e. The quantitative estimate of drug-likeness (QED) is 0.0682. The van der Waals surface area contributed by atoms with Gasteiger partial charge in [-0.05, 0) is 50.7 Å². The molecule has 0 amide bonds. The zero-order valence-electron chi connectivity index (χ0n) is 33.5. The molecule has 0 aliphatic carbocycles. The van der Waals surface area contributed by atoms with E-state index in [0.717, 1.165) is 12.1 Å². The molecule has 4 aromatic carbocycles. The number of likely N-dealkylation sites (N-methyl/N-ethyl adjacent to an activating group) is 1. The topological polar surface area (TPSA) is 270 Å². The monoisotopic (exact) mass is 960 g/mol. The first-order chi connectivity index (χ1) is 30.3. The molecule has 64 heavy (non-hydrogen) atoms. The lowest BCUT2D eigenvalue weighted by Crippen LogP contribution is -2.44. The molecule has 338 valence electrons. The number of ether oxygens (including phenoxy) is 1. The van der Waals surface area contributed by atoms with Gasteiger partial charge in [0.2, 0.25) is 0 Å². The standard InChI is InChI=1S/C42H40Cl2N2O16P2/c1-45-12-10-24(36(19-45)62-64(55,56)57)37-27(47)16-34(40-30(50)15-33(59-41(37)40)22-7-3-5-9-26(22)44)58-20-46-13-11-23(31(51)18-46)38-35(61-63(52,53)54)17-29(49)39-28(48)14-32(60-42(38)39)21-6-2-4-8-25(21)43/h2-9,14-17,23-24,31,36,47,49,51H,10-13,18-20H2,1H3,(H2,52,53,54)(H2,55,56,57)/t23-,24?,31+,36?/m0/s1. The first-order valence-corrected chi connectivity index (χ1v) is 23.5. The highest BCUT2D eigenvalue weighted by Crippen LogP contribution is 2.50. The van der Waals surface area contributed by atoms with Crippen molar-refractivity contribution in [2.75, 3.05) is 40.0 Å². The van der Waals surface area contributed by atoms with Crippen LogP contribution in [-0.4, -0.2) is 96.9 Å². The lowest BCUT2D eigenvalue weighted by Gasteiger charge is -2.37. The van der Waals surface area contributed by atoms with Gasteiger partial charge in [-0.3, -0.25) is 28.8 Å². The predicted octanol–water partition coefficient (Wildman–Crippen LogP) is 6.51. The summed E-state index contributed by atoms with van der Waals surface area (Å²) in [5.41, 5.74) is -1.08. The highest BCUT2D eigenvalue weighted by molar-refractivity contribution is 7.46. The Labute approximate surface area is 372 Å². The van der Waals surface area contributed by atoms with Gasteiger partial charge in [-0.1, -0.05) is 47.5 Å². The number of phenols is 2. The van der Waals surface area contributed by atoms with Crippen LogP contribution in [0.15, 0.2) is 91.2 Å². The van der Waals surface area contributed by atoms with Crippen molar-refractivity contribution >= 4 is 60.8 Å². The van der Waals surface area contributed by atoms with E-state index < -0.39 is 67.8 Å². The van der Waals surface area contributed by atoms with Crippen molar-refractivity contribution in [2.24, 2.45) is 0 Å². The van der Waals surface area contributed by atoms with Crippen molar-refractivity contribution < 1.29 is 66.6 Å². The Bertz CT molecular complexity index is 3010. The fourth-order valence-electron chi connectivity index (χ4n) is 8.53. The molecule has 8 rings (SSSR count). The number of β-amino-alcohol motifs (C(OH)–C–C–N with tert-alkyl or cyclic N) is 1. The summed E-state index contributed by atoms with van der Waals surface area (Å²) in [6, 6.07) is 17.5. The van der Waals surface area contributed by atoms with Crippen molar-refractivity contribution in [1.29, 1.82) is 0 Å². The van der Waals surface area contributed by atoms with Crippen LogP contribution in [0.3, 0.4) is 0 Å². The number of halogens is 2. The summed E-state index contributed by atoms with van der Waals surface area (Å²) >= 11 is 12.9. The molecular weight excluding hydrogens is 921 g/mol. The van der Waals surface area contributed by atoms with E-state index in [1.54, 1.807) is 65.4 Å². The third-order valence-electron chi connectivity index (χ3n) is 11.3. The summed E-state index contributed by atoms with van der Waals surface area (Å²) in [7, 11) is -8.56. The summed E-state index contributed by atoms with van der Waals surface area (Å²) < 4.78 is 53.2. The minimum Gasteiger partial charge on any atom is -0.507 e. The molecule has 0 radical (unpaired) electrons. The predicted molar refractivity (Wildman–Crippen MR) is 234 cm³/mol. The number of phenolic OH excluding ortho intramolecular Hbond substituents is 2. The average molecular weight is 962 g/mol. The van der Waals surface area contributed by atoms with Crippen LogP contribution in [0.25, 0.3) is 44.6 Å². The van der Waals surface area contributed by atoms with Gasteiger partial charge in [0.25, 0.3) is 0 Å². The molecule has 6 aromatic rings. The molecule has 0 spiro atoms. The molecule has 2 unspecified atom stereocenters. The van der Waals surface area contributed by atoms with Gasteiger partial charge in [-0.25, -0.2) is 9.13 Å². The molecule has 7 N–H and O–H groups in total. The maximum atomic E-state index is 14.1. The molecule has 0 saturated carbocycles. The molecule has 2 aromatic heterocycles. The molecule has 22 heteroatoms. The van der Waals surface area contributed by atoms with Gasteiger partial charge in [-0.2, -0.15) is 0 Å². The van der Waals surface area contributed by atoms with E-state index >= 15 is 0 Å². The van der Waals surface area contributed by atoms with Crippen LogP contribution in [0.5, 0.6) is 23.0 Å². The number of aromatic hydroxyl groups is 2. The second-order valence-electron chi connectivity index (χ2n) is 15.6. The molecule has 4 atom stereocenters. The number of piperidine rings is 2. The van der Waals surface area contributed by atoms with Crippen LogP contribution in [0, 0.1) is 0 Å². The van der Waals surface area contributed by atoms with Gasteiger partial charge < -0.3 is 48.1 Å². The number of hydrogen-bond donors (Lipinski definition) is 7. The van der Waals surface area contributed by atoms with Crippen molar-refractivity contribution in [3.05, 3.63) is 114 Å². The minimum absolute atomic E-state index is 0.0250. The van der Waals surface area contributed by atoms with Gasteiger partial charge in [0.1, 0.15) is 63.2 Å². The summed E-state index contributed by atoms with van der Waals surface area (Å²) in [5, 5.41) is 34.4. The van der Waals surface area contributed by atoms with Crippen molar-refractivity contribution in [3.63, 3.8) is 0 Å². The van der Waals surface area contributed by atoms with Crippen molar-refractivity contribution in [2.45, 2.75) is 36.9 Å². The number of likely N-dealkylation sites (tertiary alicyclic amines) is 2. The zero-order chi connectivity index (χ0) is 45.8. The maximum absolute atomic E-state index is 14.1. The Kier molecular flexibility index (Phi) is 12.8. The van der Waals surface area contributed by atoms with Crippen LogP contribution in [0.4, 0.5) is 0 Å². The van der Waals surface area contributed by atoms with E-state index in [9.17, 15) is 53.6 Å². The Morgan fingerprint density at radius 2 is 1.28 bits per heavy atom. The van der Waals surface area contributed by atoms with E-state index in [0.29, 0.717) is 17.7 Å². The second-order valence-corrected chi connectivity index (χ2v) is 18.8. The van der Waals surface area contributed by atoms with Crippen LogP contribution >= 0.6 is 38.8 Å². The number of aliphatic hydroxyl groups excluding tert-OH is 1. The summed E-state index contributed by atoms with van der Waals surface area (Å²) in [6.07, 6.45) is -2.18. The van der Waals surface area contributed by atoms with E-state index in [1.165, 1.54) is 12.1 Å². The Balaban J connectivity index is 1.15. The number of benzene rings is 4. The molecule has 2 aliphatic rings. The molecule has 0 bridgehead atoms. The highest BCUT2D eigenvalue weighted by atomic mass is 35.5. The first kappa shape index (κ1) is 45.8. The normalized spacial score (nSPS) is 20.2. The number of fused-ring (bicyclic) bond motifs is 2. The number of hydrogen-bond acceptors (Lipinski definition) is 14. The minimum atomic E-state index is -5.28. The third kappa shape index (κ3) is 9.47. The van der Waals surface area contributed by atoms with Crippen LogP contribution in [0.1, 0.15) is 35.8 Å². The third-order valence-corrected chi connectivity index (χ3v) is 12.9. The van der Waals surface area contributed by atoms with Crippen LogP contribution < -0.4 is 20.1 Å². The number of rotatable bonds is 11. The van der Waals surface area contributed by atoms with Crippen LogP contribution in [0.2, 0.25) is 10.0 Å². The Morgan fingerprint density at radius 3 is 1.86 bits per heavy atom. The fraction of sp³-hybridized carbons (Fsp3) is 0.286. The number of phosphoric ester groups is 2. The summed E-state index contributed by atoms with van der Waals surface area (Å²) in [4.78, 5) is 70.4. The molecule has 2 fully saturated rings. The number of phosphoric acid groups is 2. The summed E-state index contributed by atoms with van der Waals surface area (Å²) in [6.45, 7) is 0.219. The number of aliphatic hydroxyl groups is 1. The summed E-state index contributed by atoms with van der Waals surface area (Å²) in [5.74, 6) is -3.59. The molecular formula is C42H40Cl2N2O16P2. The molecule has 18 nitrogen and oxygen atoms in total. The van der Waals surface area contributed by atoms with Gasteiger partial charge in [0.05, 0.1) is 22.3 Å². The average Bonchev–Trinajstić information content (AvgIpc) is 3.20. The van der Waals surface area contributed by atoms with Crippen LogP contribution in [-0.2, 0) is 13.7 Å². The number of nitrogens with zero attached hydrogens (tertiary/aromatic N) is 2. The molecule has 4 heterocycles. The van der Waals surface area contributed by atoms with Gasteiger partial charge in [0, 0.05) is 78.0 Å². The second kappa shape index (κ2) is 17.9. The van der Waals surface area contributed by atoms with E-state index in [1.807, 2.05) is 0 Å². The lowest BCUT2D eigenvalue weighted by atomic mass is 9.85. The Hall–Kier alpha value is -4.78. The highest BCUT2D eigenvalue weighted by Gasteiger charge is 2.40. The smallest absolute Gasteiger partial charge is 0.507 e. The first-order valence-electron chi connectivity index (χ1n) is 19.6.